The Morgan fingerprint density at radius 3 is 2.58 bits per heavy atom. The molecule has 0 spiro atoms. The largest absolute Gasteiger partial charge is 0.389 e. The van der Waals surface area contributed by atoms with E-state index < -0.39 is 10.8 Å². The molecule has 0 aliphatic rings. The minimum absolute atomic E-state index is 0.125. The lowest BCUT2D eigenvalue weighted by atomic mass is 10.1. The van der Waals surface area contributed by atoms with Gasteiger partial charge in [-0.15, -0.1) is 0 Å². The van der Waals surface area contributed by atoms with Gasteiger partial charge in [0.15, 0.2) is 5.69 Å². The van der Waals surface area contributed by atoms with Gasteiger partial charge in [-0.05, 0) is 49.0 Å². The summed E-state index contributed by atoms with van der Waals surface area (Å²) in [6.07, 6.45) is 1.47. The van der Waals surface area contributed by atoms with E-state index in [1.54, 1.807) is 6.92 Å². The van der Waals surface area contributed by atoms with Crippen LogP contribution < -0.4 is 5.32 Å². The lowest BCUT2D eigenvalue weighted by Crippen LogP contribution is -2.16. The second-order valence-corrected chi connectivity index (χ2v) is 6.03. The molecule has 0 atom stereocenters. The van der Waals surface area contributed by atoms with E-state index >= 15 is 0 Å². The standard InChI is InChI=1S/C17H17N5O4/c1-10-6-11(2)8-13(7-10)18-17(23)16-14(12(3)26-20-16)9-21-5-4-15(19-21)22(24)25/h4-8H,9H2,1-3H3,(H,18,23). The average molecular weight is 355 g/mol. The zero-order chi connectivity index (χ0) is 18.8. The molecule has 26 heavy (non-hydrogen) atoms. The van der Waals surface area contributed by atoms with Crippen molar-refractivity contribution in [2.45, 2.75) is 27.3 Å². The fourth-order valence-corrected chi connectivity index (χ4v) is 2.69. The lowest BCUT2D eigenvalue weighted by molar-refractivity contribution is -0.389. The van der Waals surface area contributed by atoms with Gasteiger partial charge in [-0.1, -0.05) is 11.2 Å². The first-order valence-electron chi connectivity index (χ1n) is 7.86. The highest BCUT2D eigenvalue weighted by Gasteiger charge is 2.22. The van der Waals surface area contributed by atoms with Crippen LogP contribution >= 0.6 is 0 Å². The Hall–Kier alpha value is -3.49. The van der Waals surface area contributed by atoms with Gasteiger partial charge in [0.2, 0.25) is 0 Å². The third-order valence-electron chi connectivity index (χ3n) is 3.81. The van der Waals surface area contributed by atoms with E-state index in [-0.39, 0.29) is 18.1 Å². The molecule has 0 saturated heterocycles. The van der Waals surface area contributed by atoms with E-state index in [0.717, 1.165) is 11.1 Å². The molecule has 1 amide bonds. The van der Waals surface area contributed by atoms with Crippen LogP contribution in [0.3, 0.4) is 0 Å². The van der Waals surface area contributed by atoms with Crippen LogP contribution in [0.4, 0.5) is 11.5 Å². The maximum atomic E-state index is 12.6. The van der Waals surface area contributed by atoms with Crippen molar-refractivity contribution in [2.24, 2.45) is 0 Å². The van der Waals surface area contributed by atoms with Crippen molar-refractivity contribution in [1.29, 1.82) is 0 Å². The number of carbonyl (C=O) groups excluding carboxylic acids is 1. The Kier molecular flexibility index (Phi) is 4.53. The third kappa shape index (κ3) is 3.61. The molecular formula is C17H17N5O4. The number of carbonyl (C=O) groups is 1. The van der Waals surface area contributed by atoms with Crippen LogP contribution in [0.2, 0.25) is 0 Å². The molecule has 9 heteroatoms. The quantitative estimate of drug-likeness (QED) is 0.555. The molecule has 2 aromatic heterocycles. The van der Waals surface area contributed by atoms with Crippen molar-refractivity contribution in [3.05, 3.63) is 68.7 Å². The van der Waals surface area contributed by atoms with Crippen LogP contribution in [0.15, 0.2) is 35.0 Å². The number of rotatable bonds is 5. The first-order valence-corrected chi connectivity index (χ1v) is 7.86. The minimum atomic E-state index is -0.579. The van der Waals surface area contributed by atoms with E-state index in [1.165, 1.54) is 16.9 Å². The number of nitrogens with zero attached hydrogens (tertiary/aromatic N) is 4. The summed E-state index contributed by atoms with van der Waals surface area (Å²) in [6.45, 7) is 5.70. The molecule has 0 unspecified atom stereocenters. The second-order valence-electron chi connectivity index (χ2n) is 6.03. The molecule has 0 aliphatic carbocycles. The van der Waals surface area contributed by atoms with Gasteiger partial charge in [-0.2, -0.15) is 4.68 Å². The number of nitro groups is 1. The van der Waals surface area contributed by atoms with Gasteiger partial charge in [0.25, 0.3) is 5.91 Å². The van der Waals surface area contributed by atoms with E-state index in [9.17, 15) is 14.9 Å². The molecule has 2 heterocycles. The summed E-state index contributed by atoms with van der Waals surface area (Å²) in [6, 6.07) is 7.01. The van der Waals surface area contributed by atoms with Crippen LogP contribution in [0.1, 0.15) is 32.9 Å². The Morgan fingerprint density at radius 2 is 1.96 bits per heavy atom. The van der Waals surface area contributed by atoms with Crippen molar-refractivity contribution >= 4 is 17.4 Å². The van der Waals surface area contributed by atoms with Crippen LogP contribution in [0.5, 0.6) is 0 Å². The highest BCUT2D eigenvalue weighted by molar-refractivity contribution is 6.04. The second kappa shape index (κ2) is 6.79. The first kappa shape index (κ1) is 17.3. The topological polar surface area (TPSA) is 116 Å². The number of aryl methyl sites for hydroxylation is 3. The number of aromatic nitrogens is 3. The van der Waals surface area contributed by atoms with Gasteiger partial charge < -0.3 is 20.0 Å². The SMILES string of the molecule is Cc1cc(C)cc(NC(=O)c2noc(C)c2Cn2ccc([N+](=O)[O-])n2)c1. The molecule has 1 N–H and O–H groups in total. The number of benzene rings is 1. The third-order valence-corrected chi connectivity index (χ3v) is 3.81. The number of nitrogens with one attached hydrogen (secondary N) is 1. The molecule has 134 valence electrons. The molecule has 0 aliphatic heterocycles. The molecule has 0 fully saturated rings. The summed E-state index contributed by atoms with van der Waals surface area (Å²) < 4.78 is 6.51. The van der Waals surface area contributed by atoms with Crippen molar-refractivity contribution < 1.29 is 14.2 Å². The maximum Gasteiger partial charge on any atom is 0.389 e. The molecule has 9 nitrogen and oxygen atoms in total. The van der Waals surface area contributed by atoms with Gasteiger partial charge in [0.05, 0.1) is 29.5 Å². The Bertz CT molecular complexity index is 969. The molecule has 1 aromatic carbocycles. The summed E-state index contributed by atoms with van der Waals surface area (Å²) >= 11 is 0. The molecule has 0 bridgehead atoms. The van der Waals surface area contributed by atoms with Crippen LogP contribution in [0.25, 0.3) is 0 Å². The summed E-state index contributed by atoms with van der Waals surface area (Å²) in [7, 11) is 0. The van der Waals surface area contributed by atoms with Crippen molar-refractivity contribution in [3.8, 4) is 0 Å². The number of anilines is 1. The molecule has 0 radical (unpaired) electrons. The van der Waals surface area contributed by atoms with Crippen molar-refractivity contribution in [3.63, 3.8) is 0 Å². The fourth-order valence-electron chi connectivity index (χ4n) is 2.69. The van der Waals surface area contributed by atoms with Gasteiger partial charge in [-0.3, -0.25) is 4.79 Å². The van der Waals surface area contributed by atoms with Gasteiger partial charge in [0, 0.05) is 5.69 Å². The Morgan fingerprint density at radius 1 is 1.27 bits per heavy atom. The zero-order valence-corrected chi connectivity index (χ0v) is 14.5. The van der Waals surface area contributed by atoms with Crippen LogP contribution in [0, 0.1) is 30.9 Å². The van der Waals surface area contributed by atoms with E-state index in [1.807, 2.05) is 32.0 Å². The predicted molar refractivity (Wildman–Crippen MR) is 93.1 cm³/mol. The highest BCUT2D eigenvalue weighted by Crippen LogP contribution is 2.19. The Balaban J connectivity index is 1.84. The van der Waals surface area contributed by atoms with E-state index in [4.69, 9.17) is 4.52 Å². The normalized spacial score (nSPS) is 10.7. The minimum Gasteiger partial charge on any atom is -0.361 e. The smallest absolute Gasteiger partial charge is 0.361 e. The average Bonchev–Trinajstić information content (AvgIpc) is 3.15. The van der Waals surface area contributed by atoms with Gasteiger partial charge >= 0.3 is 5.82 Å². The maximum absolute atomic E-state index is 12.6. The fraction of sp³-hybridized carbons (Fsp3) is 0.235. The number of hydrogen-bond acceptors (Lipinski definition) is 6. The zero-order valence-electron chi connectivity index (χ0n) is 14.5. The summed E-state index contributed by atoms with van der Waals surface area (Å²) in [5.74, 6) is -0.224. The molecular weight excluding hydrogens is 338 g/mol. The number of amides is 1. The summed E-state index contributed by atoms with van der Waals surface area (Å²) in [4.78, 5) is 22.8. The lowest BCUT2D eigenvalue weighted by Gasteiger charge is -2.07. The molecule has 0 saturated carbocycles. The van der Waals surface area contributed by atoms with E-state index in [2.05, 4.69) is 15.6 Å². The van der Waals surface area contributed by atoms with Crippen LogP contribution in [-0.2, 0) is 6.54 Å². The predicted octanol–water partition coefficient (Wildman–Crippen LogP) is 3.01. The Labute approximate surface area is 148 Å². The number of hydrogen-bond donors (Lipinski definition) is 1. The monoisotopic (exact) mass is 355 g/mol. The van der Waals surface area contributed by atoms with Crippen LogP contribution in [-0.4, -0.2) is 25.8 Å². The summed E-state index contributed by atoms with van der Waals surface area (Å²) in [5, 5.41) is 21.2. The van der Waals surface area contributed by atoms with E-state index in [0.29, 0.717) is 17.0 Å². The molecule has 3 aromatic rings. The van der Waals surface area contributed by atoms with Crippen molar-refractivity contribution in [2.75, 3.05) is 5.32 Å². The molecule has 3 rings (SSSR count). The van der Waals surface area contributed by atoms with Gasteiger partial charge in [-0.25, -0.2) is 0 Å². The summed E-state index contributed by atoms with van der Waals surface area (Å²) in [5.41, 5.74) is 3.36. The highest BCUT2D eigenvalue weighted by atomic mass is 16.6. The first-order chi connectivity index (χ1) is 12.3. The van der Waals surface area contributed by atoms with Gasteiger partial charge in [0.1, 0.15) is 5.76 Å². The van der Waals surface area contributed by atoms with Crippen molar-refractivity contribution in [1.82, 2.24) is 14.9 Å².